The van der Waals surface area contributed by atoms with Crippen LogP contribution in [0, 0.1) is 0 Å². The Morgan fingerprint density at radius 1 is 1.42 bits per heavy atom. The highest BCUT2D eigenvalue weighted by Gasteiger charge is 2.00. The Bertz CT molecular complexity index is 198. The Kier molecular flexibility index (Phi) is 5.57. The maximum atomic E-state index is 5.51. The zero-order valence-corrected chi connectivity index (χ0v) is 8.72. The molecule has 0 radical (unpaired) electrons. The van der Waals surface area contributed by atoms with Crippen LogP contribution in [0.15, 0.2) is 22.1 Å². The first kappa shape index (κ1) is 11.3. The third-order valence-corrected chi connectivity index (χ3v) is 1.38. The molecule has 0 fully saturated rings. The maximum Gasteiger partial charge on any atom is 0.189 e. The van der Waals surface area contributed by atoms with E-state index in [1.54, 1.807) is 13.2 Å². The van der Waals surface area contributed by atoms with Crippen LogP contribution < -0.4 is 11.5 Å². The third kappa shape index (κ3) is 4.25. The highest BCUT2D eigenvalue weighted by atomic mass is 79.9. The molecule has 0 saturated heterocycles. The predicted molar refractivity (Wildman–Crippen MR) is 51.3 cm³/mol. The van der Waals surface area contributed by atoms with E-state index in [1.807, 2.05) is 0 Å². The molecule has 5 heteroatoms. The van der Waals surface area contributed by atoms with Crippen molar-refractivity contribution < 1.29 is 9.47 Å². The van der Waals surface area contributed by atoms with Crippen molar-refractivity contribution >= 4 is 15.9 Å². The SMILES string of the molecule is COCC(/C=C(\N)Br)=C(/N)OC. The summed E-state index contributed by atoms with van der Waals surface area (Å²) in [7, 11) is 3.06. The van der Waals surface area contributed by atoms with E-state index in [4.69, 9.17) is 20.9 Å². The van der Waals surface area contributed by atoms with Gasteiger partial charge in [-0.3, -0.25) is 0 Å². The Balaban J connectivity index is 4.54. The molecule has 0 heterocycles. The molecule has 0 spiro atoms. The van der Waals surface area contributed by atoms with Gasteiger partial charge in [0.2, 0.25) is 0 Å². The molecule has 0 aliphatic heterocycles. The smallest absolute Gasteiger partial charge is 0.189 e. The zero-order chi connectivity index (χ0) is 9.56. The van der Waals surface area contributed by atoms with Gasteiger partial charge in [0.1, 0.15) is 0 Å². The average molecular weight is 237 g/mol. The molecule has 12 heavy (non-hydrogen) atoms. The zero-order valence-electron chi connectivity index (χ0n) is 7.13. The minimum atomic E-state index is 0.305. The highest BCUT2D eigenvalue weighted by molar-refractivity contribution is 9.11. The first-order chi connectivity index (χ1) is 5.61. The lowest BCUT2D eigenvalue weighted by molar-refractivity contribution is 0.215. The van der Waals surface area contributed by atoms with Gasteiger partial charge in [0.15, 0.2) is 5.88 Å². The van der Waals surface area contributed by atoms with E-state index in [-0.39, 0.29) is 0 Å². The molecule has 0 unspecified atom stereocenters. The van der Waals surface area contributed by atoms with Crippen molar-refractivity contribution in [3.05, 3.63) is 22.1 Å². The maximum absolute atomic E-state index is 5.51. The first-order valence-electron chi connectivity index (χ1n) is 3.26. The molecular formula is C7H13BrN2O2. The van der Waals surface area contributed by atoms with Crippen LogP contribution in [0.2, 0.25) is 0 Å². The van der Waals surface area contributed by atoms with Crippen LogP contribution in [0.3, 0.4) is 0 Å². The molecule has 4 N–H and O–H groups in total. The summed E-state index contributed by atoms with van der Waals surface area (Å²) in [4.78, 5) is 0. The van der Waals surface area contributed by atoms with Crippen LogP contribution in [-0.2, 0) is 9.47 Å². The molecule has 4 nitrogen and oxygen atoms in total. The number of rotatable bonds is 4. The van der Waals surface area contributed by atoms with Crippen molar-refractivity contribution in [2.45, 2.75) is 0 Å². The van der Waals surface area contributed by atoms with Gasteiger partial charge in [-0.05, 0) is 22.0 Å². The monoisotopic (exact) mass is 236 g/mol. The summed E-state index contributed by atoms with van der Waals surface area (Å²) in [6, 6.07) is 0. The second-order valence-electron chi connectivity index (χ2n) is 2.06. The van der Waals surface area contributed by atoms with E-state index in [1.165, 1.54) is 7.11 Å². The molecule has 70 valence electrons. The lowest BCUT2D eigenvalue weighted by atomic mass is 10.3. The highest BCUT2D eigenvalue weighted by Crippen LogP contribution is 2.07. The normalized spacial score (nSPS) is 14.1. The van der Waals surface area contributed by atoms with Gasteiger partial charge in [0, 0.05) is 12.7 Å². The molecule has 0 rings (SSSR count). The van der Waals surface area contributed by atoms with Gasteiger partial charge in [-0.15, -0.1) is 0 Å². The number of methoxy groups -OCH3 is 2. The summed E-state index contributed by atoms with van der Waals surface area (Å²) >= 11 is 3.08. The van der Waals surface area contributed by atoms with Gasteiger partial charge in [-0.2, -0.15) is 0 Å². The van der Waals surface area contributed by atoms with Gasteiger partial charge in [0.25, 0.3) is 0 Å². The molecule has 0 saturated carbocycles. The van der Waals surface area contributed by atoms with Crippen LogP contribution in [0.5, 0.6) is 0 Å². The lowest BCUT2D eigenvalue weighted by Crippen LogP contribution is -2.08. The van der Waals surface area contributed by atoms with E-state index < -0.39 is 0 Å². The van der Waals surface area contributed by atoms with Gasteiger partial charge >= 0.3 is 0 Å². The van der Waals surface area contributed by atoms with Crippen molar-refractivity contribution in [1.82, 2.24) is 0 Å². The summed E-state index contributed by atoms with van der Waals surface area (Å²) < 4.78 is 10.2. The molecule has 0 aliphatic carbocycles. The molecule has 0 aromatic rings. The largest absolute Gasteiger partial charge is 0.482 e. The Morgan fingerprint density at radius 3 is 2.33 bits per heavy atom. The molecule has 0 aliphatic rings. The summed E-state index contributed by atoms with van der Waals surface area (Å²) in [5.41, 5.74) is 11.6. The lowest BCUT2D eigenvalue weighted by Gasteiger charge is -2.05. The fraction of sp³-hybridized carbons (Fsp3) is 0.429. The molecule has 0 atom stereocenters. The van der Waals surface area contributed by atoms with Crippen LogP contribution in [0.25, 0.3) is 0 Å². The summed E-state index contributed by atoms with van der Waals surface area (Å²) in [6.45, 7) is 0.367. The summed E-state index contributed by atoms with van der Waals surface area (Å²) in [5.74, 6) is 0.305. The Morgan fingerprint density at radius 2 is 2.00 bits per heavy atom. The molecular weight excluding hydrogens is 224 g/mol. The second kappa shape index (κ2) is 5.91. The van der Waals surface area contributed by atoms with E-state index in [9.17, 15) is 0 Å². The van der Waals surface area contributed by atoms with E-state index in [0.29, 0.717) is 22.7 Å². The van der Waals surface area contributed by atoms with Crippen molar-refractivity contribution in [1.29, 1.82) is 0 Å². The number of nitrogens with two attached hydrogens (primary N) is 2. The fourth-order valence-corrected chi connectivity index (χ4v) is 0.913. The quantitative estimate of drug-likeness (QED) is 0.427. The fourth-order valence-electron chi connectivity index (χ4n) is 0.637. The van der Waals surface area contributed by atoms with Gasteiger partial charge in [0.05, 0.1) is 18.3 Å². The third-order valence-electron chi connectivity index (χ3n) is 1.15. The Hall–Kier alpha value is -0.680. The van der Waals surface area contributed by atoms with Crippen LogP contribution in [0.4, 0.5) is 0 Å². The van der Waals surface area contributed by atoms with Crippen molar-refractivity contribution in [3.63, 3.8) is 0 Å². The topological polar surface area (TPSA) is 70.5 Å². The van der Waals surface area contributed by atoms with Gasteiger partial charge in [-0.1, -0.05) is 0 Å². The van der Waals surface area contributed by atoms with Crippen molar-refractivity contribution in [2.75, 3.05) is 20.8 Å². The van der Waals surface area contributed by atoms with Crippen molar-refractivity contribution in [3.8, 4) is 0 Å². The van der Waals surface area contributed by atoms with Crippen LogP contribution in [0.1, 0.15) is 0 Å². The van der Waals surface area contributed by atoms with Crippen LogP contribution in [-0.4, -0.2) is 20.8 Å². The number of hydrogen-bond acceptors (Lipinski definition) is 4. The standard InChI is InChI=1S/C7H13BrN2O2/c1-11-4-5(3-6(8)9)7(10)12-2/h3H,4,9-10H2,1-2H3/b6-3-,7-5-. The van der Waals surface area contributed by atoms with Gasteiger partial charge < -0.3 is 20.9 Å². The number of hydrogen-bond donors (Lipinski definition) is 2. The average Bonchev–Trinajstić information content (AvgIpc) is 2.01. The Labute approximate surface area is 80.3 Å². The number of halogens is 1. The van der Waals surface area contributed by atoms with Crippen molar-refractivity contribution in [2.24, 2.45) is 11.5 Å². The minimum absolute atomic E-state index is 0.305. The van der Waals surface area contributed by atoms with E-state index in [0.717, 1.165) is 0 Å². The first-order valence-corrected chi connectivity index (χ1v) is 4.05. The molecule has 0 aromatic carbocycles. The number of ether oxygens (including phenoxy) is 2. The predicted octanol–water partition coefficient (Wildman–Crippen LogP) is 0.645. The second-order valence-corrected chi connectivity index (χ2v) is 2.97. The van der Waals surface area contributed by atoms with E-state index >= 15 is 0 Å². The minimum Gasteiger partial charge on any atom is -0.482 e. The summed E-state index contributed by atoms with van der Waals surface area (Å²) in [5, 5.41) is 0. The molecule has 0 amide bonds. The van der Waals surface area contributed by atoms with Gasteiger partial charge in [-0.25, -0.2) is 0 Å². The molecule has 0 aromatic heterocycles. The van der Waals surface area contributed by atoms with Crippen LogP contribution >= 0.6 is 15.9 Å². The molecule has 0 bridgehead atoms. The summed E-state index contributed by atoms with van der Waals surface area (Å²) in [6.07, 6.45) is 1.64. The van der Waals surface area contributed by atoms with E-state index in [2.05, 4.69) is 15.9 Å².